The molecule has 0 radical (unpaired) electrons. The third kappa shape index (κ3) is 3.86. The molecular formula is C24H35BrN2O5S. The van der Waals surface area contributed by atoms with E-state index < -0.39 is 34.6 Å². The van der Waals surface area contributed by atoms with Crippen LogP contribution in [-0.2, 0) is 14.4 Å². The quantitative estimate of drug-likeness (QED) is 0.361. The minimum atomic E-state index is -0.981. The molecule has 2 bridgehead atoms. The van der Waals surface area contributed by atoms with Gasteiger partial charge in [-0.3, -0.25) is 14.4 Å². The first kappa shape index (κ1) is 25.0. The number of fused-ring (bicyclic) bond motifs is 1. The van der Waals surface area contributed by atoms with Gasteiger partial charge in [0.2, 0.25) is 11.8 Å². The third-order valence-corrected chi connectivity index (χ3v) is 11.4. The molecule has 2 N–H and O–H groups in total. The lowest BCUT2D eigenvalue weighted by molar-refractivity contribution is -0.150. The summed E-state index contributed by atoms with van der Waals surface area (Å²) in [5, 5.41) is 20.1. The topological polar surface area (TPSA) is 98.2 Å². The van der Waals surface area contributed by atoms with Crippen LogP contribution in [0.25, 0.3) is 0 Å². The van der Waals surface area contributed by atoms with E-state index in [-0.39, 0.29) is 40.5 Å². The van der Waals surface area contributed by atoms with Crippen molar-refractivity contribution >= 4 is 45.5 Å². The number of thioether (sulfide) groups is 1. The van der Waals surface area contributed by atoms with E-state index in [1.807, 2.05) is 18.7 Å². The molecule has 0 aromatic heterocycles. The molecule has 3 aliphatic heterocycles. The standard InChI is InChI=1S/C24H35BrN2O5S/c1-4-10-26(14-8-6-5-7-9-14)22(30)20-24-11-15(25)19(33-24)17(23(31)32)18(24)21(29)27(20)16(12-28)13(2)3/h4,13-20,28H,1,5-12H2,2-3H3,(H,31,32)/t15?,16-,17+,18-,19+,20?,24?/m0/s1. The molecule has 1 saturated carbocycles. The molecule has 3 heterocycles. The molecule has 7 atom stereocenters. The fourth-order valence-corrected chi connectivity index (χ4v) is 10.3. The van der Waals surface area contributed by atoms with Crippen molar-refractivity contribution in [3.05, 3.63) is 12.7 Å². The second-order valence-corrected chi connectivity index (χ2v) is 13.0. The Kier molecular flexibility index (Phi) is 7.23. The van der Waals surface area contributed by atoms with Gasteiger partial charge >= 0.3 is 5.97 Å². The normalized spacial score (nSPS) is 36.8. The molecule has 7 nitrogen and oxygen atoms in total. The Labute approximate surface area is 208 Å². The predicted octanol–water partition coefficient (Wildman–Crippen LogP) is 2.90. The van der Waals surface area contributed by atoms with Gasteiger partial charge < -0.3 is 20.0 Å². The first-order valence-electron chi connectivity index (χ1n) is 12.1. The molecule has 33 heavy (non-hydrogen) atoms. The number of carbonyl (C=O) groups is 3. The number of alkyl halides is 1. The fraction of sp³-hybridized carbons (Fsp3) is 0.792. The van der Waals surface area contributed by atoms with Crippen molar-refractivity contribution in [2.24, 2.45) is 17.8 Å². The number of halogens is 1. The van der Waals surface area contributed by atoms with E-state index in [9.17, 15) is 24.6 Å². The van der Waals surface area contributed by atoms with Gasteiger partial charge in [0, 0.05) is 22.7 Å². The molecule has 0 aromatic carbocycles. The van der Waals surface area contributed by atoms with Crippen LogP contribution in [0, 0.1) is 17.8 Å². The number of nitrogens with zero attached hydrogens (tertiary/aromatic N) is 2. The van der Waals surface area contributed by atoms with Gasteiger partial charge in [0.15, 0.2) is 0 Å². The van der Waals surface area contributed by atoms with Crippen molar-refractivity contribution in [1.82, 2.24) is 9.80 Å². The summed E-state index contributed by atoms with van der Waals surface area (Å²) in [7, 11) is 0. The van der Waals surface area contributed by atoms with Gasteiger partial charge in [-0.05, 0) is 25.2 Å². The average molecular weight is 544 g/mol. The predicted molar refractivity (Wildman–Crippen MR) is 131 cm³/mol. The van der Waals surface area contributed by atoms with Gasteiger partial charge in [-0.1, -0.05) is 55.1 Å². The first-order valence-corrected chi connectivity index (χ1v) is 13.9. The molecular weight excluding hydrogens is 508 g/mol. The van der Waals surface area contributed by atoms with E-state index in [1.165, 1.54) is 11.8 Å². The summed E-state index contributed by atoms with van der Waals surface area (Å²) in [6.07, 6.45) is 7.46. The number of aliphatic carboxylic acids is 1. The van der Waals surface area contributed by atoms with Crippen molar-refractivity contribution in [2.45, 2.75) is 85.3 Å². The van der Waals surface area contributed by atoms with Gasteiger partial charge in [0.1, 0.15) is 6.04 Å². The maximum atomic E-state index is 14.4. The fourth-order valence-electron chi connectivity index (χ4n) is 6.71. The van der Waals surface area contributed by atoms with Crippen molar-refractivity contribution < 1.29 is 24.6 Å². The minimum Gasteiger partial charge on any atom is -0.481 e. The highest BCUT2D eigenvalue weighted by molar-refractivity contribution is 9.09. The number of aliphatic hydroxyl groups is 1. The molecule has 3 unspecified atom stereocenters. The molecule has 1 spiro atoms. The number of hydrogen-bond acceptors (Lipinski definition) is 5. The van der Waals surface area contributed by atoms with Crippen LogP contribution in [-0.4, -0.2) is 83.9 Å². The third-order valence-electron chi connectivity index (χ3n) is 8.18. The SMILES string of the molecule is C=CCN(C(=O)C1N([C@@H](CO)C(C)C)C(=O)[C@@H]2[C@@H](C(=O)O)[C@@H]3SC12CC3Br)C1CCCCC1. The Hall–Kier alpha value is -1.06. The summed E-state index contributed by atoms with van der Waals surface area (Å²) in [6, 6.07) is -1.22. The highest BCUT2D eigenvalue weighted by atomic mass is 79.9. The number of hydrogen-bond donors (Lipinski definition) is 2. The highest BCUT2D eigenvalue weighted by Gasteiger charge is 2.76. The number of aliphatic hydroxyl groups excluding tert-OH is 1. The lowest BCUT2D eigenvalue weighted by atomic mass is 9.71. The van der Waals surface area contributed by atoms with Gasteiger partial charge in [0.05, 0.1) is 29.2 Å². The molecule has 184 valence electrons. The number of carboxylic acids is 1. The van der Waals surface area contributed by atoms with Crippen LogP contribution in [0.2, 0.25) is 0 Å². The summed E-state index contributed by atoms with van der Waals surface area (Å²) in [4.78, 5) is 44.0. The van der Waals surface area contributed by atoms with Crippen LogP contribution >= 0.6 is 27.7 Å². The molecule has 9 heteroatoms. The summed E-state index contributed by atoms with van der Waals surface area (Å²) in [5.41, 5.74) is 0. The number of carboxylic acid groups (broad SMARTS) is 1. The van der Waals surface area contributed by atoms with E-state index in [4.69, 9.17) is 0 Å². The molecule has 4 fully saturated rings. The van der Waals surface area contributed by atoms with Gasteiger partial charge in [-0.15, -0.1) is 18.3 Å². The highest BCUT2D eigenvalue weighted by Crippen LogP contribution is 2.68. The van der Waals surface area contributed by atoms with Gasteiger partial charge in [-0.2, -0.15) is 0 Å². The second-order valence-electron chi connectivity index (χ2n) is 10.3. The van der Waals surface area contributed by atoms with E-state index >= 15 is 0 Å². The lowest BCUT2D eigenvalue weighted by Gasteiger charge is -2.43. The van der Waals surface area contributed by atoms with Crippen molar-refractivity contribution in [3.8, 4) is 0 Å². The van der Waals surface area contributed by atoms with E-state index in [2.05, 4.69) is 22.5 Å². The van der Waals surface area contributed by atoms with Gasteiger partial charge in [0.25, 0.3) is 0 Å². The zero-order chi connectivity index (χ0) is 24.1. The Bertz CT molecular complexity index is 819. The molecule has 3 saturated heterocycles. The molecule has 2 amide bonds. The zero-order valence-electron chi connectivity index (χ0n) is 19.4. The van der Waals surface area contributed by atoms with Crippen LogP contribution in [0.1, 0.15) is 52.4 Å². The van der Waals surface area contributed by atoms with Crippen LogP contribution in [0.4, 0.5) is 0 Å². The molecule has 1 aliphatic carbocycles. The Morgan fingerprint density at radius 3 is 2.55 bits per heavy atom. The molecule has 4 aliphatic rings. The maximum absolute atomic E-state index is 14.4. The largest absolute Gasteiger partial charge is 0.481 e. The number of carbonyl (C=O) groups excluding carboxylic acids is 2. The summed E-state index contributed by atoms with van der Waals surface area (Å²) >= 11 is 5.19. The zero-order valence-corrected chi connectivity index (χ0v) is 21.8. The summed E-state index contributed by atoms with van der Waals surface area (Å²) < 4.78 is -0.799. The smallest absolute Gasteiger partial charge is 0.308 e. The monoisotopic (exact) mass is 542 g/mol. The average Bonchev–Trinajstić information content (AvgIpc) is 3.36. The van der Waals surface area contributed by atoms with Crippen molar-refractivity contribution in [2.75, 3.05) is 13.2 Å². The van der Waals surface area contributed by atoms with Crippen molar-refractivity contribution in [3.63, 3.8) is 0 Å². The minimum absolute atomic E-state index is 0.0720. The van der Waals surface area contributed by atoms with E-state index in [1.54, 1.807) is 11.0 Å². The lowest BCUT2D eigenvalue weighted by Crippen LogP contribution is -2.60. The van der Waals surface area contributed by atoms with Crippen LogP contribution in [0.5, 0.6) is 0 Å². The molecule has 0 aromatic rings. The summed E-state index contributed by atoms with van der Waals surface area (Å²) in [6.45, 7) is 7.87. The summed E-state index contributed by atoms with van der Waals surface area (Å²) in [5.74, 6) is -3.05. The van der Waals surface area contributed by atoms with Crippen LogP contribution < -0.4 is 0 Å². The maximum Gasteiger partial charge on any atom is 0.308 e. The van der Waals surface area contributed by atoms with Crippen LogP contribution in [0.3, 0.4) is 0 Å². The Morgan fingerprint density at radius 2 is 2.00 bits per heavy atom. The number of amides is 2. The second kappa shape index (κ2) is 9.53. The molecule has 4 rings (SSSR count). The number of rotatable bonds is 8. The van der Waals surface area contributed by atoms with Crippen molar-refractivity contribution in [1.29, 1.82) is 0 Å². The number of likely N-dealkylation sites (tertiary alicyclic amines) is 1. The Balaban J connectivity index is 1.81. The first-order chi connectivity index (χ1) is 15.7. The van der Waals surface area contributed by atoms with E-state index in [0.29, 0.717) is 13.0 Å². The Morgan fingerprint density at radius 1 is 1.33 bits per heavy atom. The van der Waals surface area contributed by atoms with E-state index in [0.717, 1.165) is 32.1 Å². The van der Waals surface area contributed by atoms with Crippen LogP contribution in [0.15, 0.2) is 12.7 Å². The van der Waals surface area contributed by atoms with Gasteiger partial charge in [-0.25, -0.2) is 0 Å².